The van der Waals surface area contributed by atoms with Crippen LogP contribution in [-0.4, -0.2) is 23.3 Å². The third kappa shape index (κ3) is 2.37. The molecule has 0 unspecified atom stereocenters. The van der Waals surface area contributed by atoms with Crippen LogP contribution in [0.2, 0.25) is 0 Å². The Bertz CT molecular complexity index is 517. The highest BCUT2D eigenvalue weighted by molar-refractivity contribution is 5.66. The molecule has 0 radical (unpaired) electrons. The highest BCUT2D eigenvalue weighted by atomic mass is 16.5. The molecule has 3 nitrogen and oxygen atoms in total. The summed E-state index contributed by atoms with van der Waals surface area (Å²) in [5, 5.41) is 10.5. The number of carbonyl (C=O) groups is 1. The SMILES string of the molecule is CC(=O)O[C@@H]1CC[C@@]2(C)[C@@H](CC[C@@H]3[C@@H]2CC[C@]2(C)[C@@H](O)CC[C@@H]32)C1. The van der Waals surface area contributed by atoms with Gasteiger partial charge in [-0.25, -0.2) is 0 Å². The van der Waals surface area contributed by atoms with Crippen LogP contribution in [0.15, 0.2) is 0 Å². The maximum absolute atomic E-state index is 11.3. The molecular weight excluding hydrogens is 300 g/mol. The zero-order valence-electron chi connectivity index (χ0n) is 15.6. The molecule has 1 N–H and O–H groups in total. The molecule has 0 bridgehead atoms. The Hall–Kier alpha value is -0.570. The topological polar surface area (TPSA) is 46.5 Å². The van der Waals surface area contributed by atoms with Crippen LogP contribution in [0.3, 0.4) is 0 Å². The molecule has 4 fully saturated rings. The van der Waals surface area contributed by atoms with E-state index in [4.69, 9.17) is 4.74 Å². The van der Waals surface area contributed by atoms with E-state index in [1.54, 1.807) is 0 Å². The molecular formula is C21H34O3. The number of rotatable bonds is 1. The Balaban J connectivity index is 1.53. The predicted octanol–water partition coefficient (Wildman–Crippen LogP) is 4.32. The molecule has 0 aromatic rings. The average Bonchev–Trinajstić information content (AvgIpc) is 2.83. The molecule has 4 rings (SSSR count). The summed E-state index contributed by atoms with van der Waals surface area (Å²) in [4.78, 5) is 11.3. The van der Waals surface area contributed by atoms with Crippen LogP contribution < -0.4 is 0 Å². The quantitative estimate of drug-likeness (QED) is 0.726. The number of fused-ring (bicyclic) bond motifs is 5. The van der Waals surface area contributed by atoms with E-state index >= 15 is 0 Å². The molecule has 0 saturated heterocycles. The minimum absolute atomic E-state index is 0.0753. The first-order chi connectivity index (χ1) is 11.3. The molecule has 8 atom stereocenters. The summed E-state index contributed by atoms with van der Waals surface area (Å²) in [6.07, 6.45) is 10.8. The van der Waals surface area contributed by atoms with E-state index in [2.05, 4.69) is 13.8 Å². The molecule has 0 amide bonds. The molecule has 0 heterocycles. The number of hydrogen-bond donors (Lipinski definition) is 1. The van der Waals surface area contributed by atoms with Crippen molar-refractivity contribution in [2.24, 2.45) is 34.5 Å². The van der Waals surface area contributed by atoms with Crippen molar-refractivity contribution >= 4 is 5.97 Å². The zero-order valence-corrected chi connectivity index (χ0v) is 15.6. The third-order valence-corrected chi connectivity index (χ3v) is 8.90. The summed E-state index contributed by atoms with van der Waals surface area (Å²) < 4.78 is 5.55. The fraction of sp³-hybridized carbons (Fsp3) is 0.952. The van der Waals surface area contributed by atoms with Gasteiger partial charge in [-0.1, -0.05) is 13.8 Å². The Morgan fingerprint density at radius 2 is 1.67 bits per heavy atom. The maximum atomic E-state index is 11.3. The summed E-state index contributed by atoms with van der Waals surface area (Å²) in [6.45, 7) is 6.43. The predicted molar refractivity (Wildman–Crippen MR) is 93.3 cm³/mol. The van der Waals surface area contributed by atoms with Crippen molar-refractivity contribution in [1.29, 1.82) is 0 Å². The van der Waals surface area contributed by atoms with E-state index < -0.39 is 0 Å². The minimum Gasteiger partial charge on any atom is -0.463 e. The lowest BCUT2D eigenvalue weighted by Crippen LogP contribution is -2.54. The lowest BCUT2D eigenvalue weighted by molar-refractivity contribution is -0.161. The number of carbonyl (C=O) groups excluding carboxylic acids is 1. The van der Waals surface area contributed by atoms with Gasteiger partial charge in [0.25, 0.3) is 0 Å². The summed E-state index contributed by atoms with van der Waals surface area (Å²) in [6, 6.07) is 0. The fourth-order valence-electron chi connectivity index (χ4n) is 7.53. The van der Waals surface area contributed by atoms with Gasteiger partial charge < -0.3 is 9.84 Å². The van der Waals surface area contributed by atoms with Crippen molar-refractivity contribution in [2.75, 3.05) is 0 Å². The van der Waals surface area contributed by atoms with Gasteiger partial charge in [-0.2, -0.15) is 0 Å². The van der Waals surface area contributed by atoms with Gasteiger partial charge in [0.15, 0.2) is 0 Å². The third-order valence-electron chi connectivity index (χ3n) is 8.90. The highest BCUT2D eigenvalue weighted by Gasteiger charge is 2.60. The van der Waals surface area contributed by atoms with Gasteiger partial charge in [-0.15, -0.1) is 0 Å². The molecule has 0 aromatic heterocycles. The number of esters is 1. The molecule has 4 aliphatic carbocycles. The van der Waals surface area contributed by atoms with E-state index in [9.17, 15) is 9.90 Å². The molecule has 3 heteroatoms. The highest BCUT2D eigenvalue weighted by Crippen LogP contribution is 2.66. The Kier molecular flexibility index (Phi) is 4.02. The van der Waals surface area contributed by atoms with E-state index in [1.807, 2.05) is 0 Å². The van der Waals surface area contributed by atoms with Crippen LogP contribution in [0.5, 0.6) is 0 Å². The molecule has 0 aliphatic heterocycles. The Morgan fingerprint density at radius 3 is 2.42 bits per heavy atom. The van der Waals surface area contributed by atoms with E-state index in [-0.39, 0.29) is 23.6 Å². The monoisotopic (exact) mass is 334 g/mol. The van der Waals surface area contributed by atoms with Crippen LogP contribution >= 0.6 is 0 Å². The van der Waals surface area contributed by atoms with Gasteiger partial charge in [0.05, 0.1) is 6.10 Å². The van der Waals surface area contributed by atoms with Gasteiger partial charge in [0.2, 0.25) is 0 Å². The number of hydrogen-bond acceptors (Lipinski definition) is 3. The maximum Gasteiger partial charge on any atom is 0.302 e. The largest absolute Gasteiger partial charge is 0.463 e. The normalized spacial score (nSPS) is 53.7. The van der Waals surface area contributed by atoms with Crippen molar-refractivity contribution < 1.29 is 14.6 Å². The van der Waals surface area contributed by atoms with Crippen molar-refractivity contribution in [3.63, 3.8) is 0 Å². The van der Waals surface area contributed by atoms with Gasteiger partial charge >= 0.3 is 5.97 Å². The van der Waals surface area contributed by atoms with Crippen molar-refractivity contribution in [1.82, 2.24) is 0 Å². The standard InChI is InChI=1S/C21H34O3/c1-13(22)24-15-8-10-20(2)14(12-15)4-5-16-17-6-7-19(23)21(17,3)11-9-18(16)20/h14-19,23H,4-12H2,1-3H3/t14-,15+,16-,17-,18-,19-,20-,21-/m0/s1. The van der Waals surface area contributed by atoms with E-state index in [1.165, 1.54) is 45.4 Å². The summed E-state index contributed by atoms with van der Waals surface area (Å²) in [7, 11) is 0. The summed E-state index contributed by atoms with van der Waals surface area (Å²) in [5.74, 6) is 2.96. The minimum atomic E-state index is -0.120. The van der Waals surface area contributed by atoms with Crippen LogP contribution in [-0.2, 0) is 9.53 Å². The number of aliphatic hydroxyl groups is 1. The van der Waals surface area contributed by atoms with Crippen molar-refractivity contribution in [3.05, 3.63) is 0 Å². The lowest BCUT2D eigenvalue weighted by Gasteiger charge is -2.60. The van der Waals surface area contributed by atoms with Gasteiger partial charge in [-0.3, -0.25) is 4.79 Å². The van der Waals surface area contributed by atoms with Crippen molar-refractivity contribution in [2.45, 2.75) is 90.8 Å². The van der Waals surface area contributed by atoms with Crippen molar-refractivity contribution in [3.8, 4) is 0 Å². The molecule has 4 aliphatic rings. The van der Waals surface area contributed by atoms with E-state index in [0.29, 0.717) is 11.3 Å². The van der Waals surface area contributed by atoms with Crippen LogP contribution in [0.4, 0.5) is 0 Å². The Labute approximate surface area is 146 Å². The van der Waals surface area contributed by atoms with E-state index in [0.717, 1.165) is 37.0 Å². The average molecular weight is 335 g/mol. The smallest absolute Gasteiger partial charge is 0.302 e. The lowest BCUT2D eigenvalue weighted by atomic mass is 9.45. The first-order valence-electron chi connectivity index (χ1n) is 10.2. The molecule has 0 aromatic carbocycles. The number of aliphatic hydroxyl groups excluding tert-OH is 1. The first kappa shape index (κ1) is 16.9. The van der Waals surface area contributed by atoms with Gasteiger partial charge in [-0.05, 0) is 92.3 Å². The first-order valence-corrected chi connectivity index (χ1v) is 10.2. The second-order valence-corrected chi connectivity index (χ2v) is 9.80. The van der Waals surface area contributed by atoms with Crippen LogP contribution in [0, 0.1) is 34.5 Å². The Morgan fingerprint density at radius 1 is 0.958 bits per heavy atom. The molecule has 0 spiro atoms. The summed E-state index contributed by atoms with van der Waals surface area (Å²) in [5.41, 5.74) is 0.605. The van der Waals surface area contributed by atoms with Crippen LogP contribution in [0.1, 0.15) is 78.6 Å². The fourth-order valence-corrected chi connectivity index (χ4v) is 7.53. The molecule has 136 valence electrons. The van der Waals surface area contributed by atoms with Crippen LogP contribution in [0.25, 0.3) is 0 Å². The second-order valence-electron chi connectivity index (χ2n) is 9.80. The zero-order chi connectivity index (χ0) is 17.1. The van der Waals surface area contributed by atoms with Gasteiger partial charge in [0.1, 0.15) is 6.10 Å². The molecule has 24 heavy (non-hydrogen) atoms. The molecule has 4 saturated carbocycles. The number of ether oxygens (including phenoxy) is 1. The summed E-state index contributed by atoms with van der Waals surface area (Å²) >= 11 is 0. The second kappa shape index (κ2) is 5.72. The van der Waals surface area contributed by atoms with Gasteiger partial charge in [0, 0.05) is 6.92 Å².